The van der Waals surface area contributed by atoms with Gasteiger partial charge in [-0.1, -0.05) is 18.2 Å². The molecule has 0 radical (unpaired) electrons. The van der Waals surface area contributed by atoms with Crippen molar-refractivity contribution in [2.75, 3.05) is 6.67 Å². The Morgan fingerprint density at radius 1 is 1.36 bits per heavy atom. The molecule has 1 atom stereocenters. The van der Waals surface area contributed by atoms with Crippen LogP contribution in [0, 0.1) is 0 Å². The van der Waals surface area contributed by atoms with E-state index >= 15 is 0 Å². The second kappa shape index (κ2) is 4.52. The van der Waals surface area contributed by atoms with Crippen molar-refractivity contribution in [3.05, 3.63) is 30.3 Å². The van der Waals surface area contributed by atoms with Gasteiger partial charge in [0.15, 0.2) is 0 Å². The Balaban J connectivity index is 2.87. The van der Waals surface area contributed by atoms with Gasteiger partial charge in [-0.15, -0.1) is 0 Å². The van der Waals surface area contributed by atoms with Crippen molar-refractivity contribution >= 4 is 10.1 Å². The number of alkyl halides is 1. The van der Waals surface area contributed by atoms with Crippen LogP contribution in [0.15, 0.2) is 35.2 Å². The van der Waals surface area contributed by atoms with E-state index in [4.69, 9.17) is 0 Å². The van der Waals surface area contributed by atoms with E-state index in [1.807, 2.05) is 0 Å². The van der Waals surface area contributed by atoms with Gasteiger partial charge in [0.1, 0.15) is 12.8 Å². The summed E-state index contributed by atoms with van der Waals surface area (Å²) in [6.45, 7) is 0.534. The van der Waals surface area contributed by atoms with Crippen LogP contribution in [0.4, 0.5) is 4.39 Å². The zero-order valence-electron chi connectivity index (χ0n) is 7.68. The minimum atomic E-state index is -3.81. The van der Waals surface area contributed by atoms with Gasteiger partial charge in [0.2, 0.25) is 0 Å². The van der Waals surface area contributed by atoms with Crippen molar-refractivity contribution in [2.45, 2.75) is 17.9 Å². The lowest BCUT2D eigenvalue weighted by Crippen LogP contribution is -2.17. The monoisotopic (exact) mass is 218 g/mol. The van der Waals surface area contributed by atoms with Gasteiger partial charge in [-0.2, -0.15) is 8.42 Å². The molecule has 0 aliphatic rings. The molecule has 0 spiro atoms. The average Bonchev–Trinajstić information content (AvgIpc) is 2.18. The summed E-state index contributed by atoms with van der Waals surface area (Å²) in [6, 6.07) is 7.66. The molecule has 0 amide bonds. The Kier molecular flexibility index (Phi) is 3.60. The quantitative estimate of drug-likeness (QED) is 0.723. The number of benzene rings is 1. The van der Waals surface area contributed by atoms with Crippen LogP contribution in [-0.4, -0.2) is 21.2 Å². The highest BCUT2D eigenvalue weighted by Crippen LogP contribution is 2.13. The van der Waals surface area contributed by atoms with E-state index in [1.165, 1.54) is 19.1 Å². The largest absolute Gasteiger partial charge is 0.297 e. The predicted octanol–water partition coefficient (Wildman–Crippen LogP) is 1.75. The van der Waals surface area contributed by atoms with E-state index in [-0.39, 0.29) is 4.90 Å². The number of hydrogen-bond acceptors (Lipinski definition) is 3. The highest BCUT2D eigenvalue weighted by atomic mass is 32.2. The topological polar surface area (TPSA) is 43.4 Å². The van der Waals surface area contributed by atoms with Gasteiger partial charge < -0.3 is 0 Å². The molecule has 1 unspecified atom stereocenters. The second-order valence-corrected chi connectivity index (χ2v) is 4.40. The summed E-state index contributed by atoms with van der Waals surface area (Å²) >= 11 is 0. The van der Waals surface area contributed by atoms with Crippen molar-refractivity contribution < 1.29 is 17.0 Å². The second-order valence-electron chi connectivity index (χ2n) is 2.83. The molecule has 78 valence electrons. The maximum atomic E-state index is 12.0. The third-order valence-corrected chi connectivity index (χ3v) is 2.97. The third-order valence-electron chi connectivity index (χ3n) is 1.54. The van der Waals surface area contributed by atoms with Crippen molar-refractivity contribution in [3.63, 3.8) is 0 Å². The molecule has 0 saturated heterocycles. The fourth-order valence-electron chi connectivity index (χ4n) is 0.885. The molecule has 0 bridgehead atoms. The highest BCUT2D eigenvalue weighted by Gasteiger charge is 2.18. The van der Waals surface area contributed by atoms with Gasteiger partial charge in [-0.25, -0.2) is 4.39 Å². The predicted molar refractivity (Wildman–Crippen MR) is 50.1 cm³/mol. The first kappa shape index (κ1) is 11.1. The van der Waals surface area contributed by atoms with Gasteiger partial charge in [0.25, 0.3) is 10.1 Å². The molecule has 0 fully saturated rings. The minimum Gasteiger partial charge on any atom is -0.261 e. The average molecular weight is 218 g/mol. The Morgan fingerprint density at radius 3 is 2.43 bits per heavy atom. The molecule has 0 aliphatic carbocycles. The van der Waals surface area contributed by atoms with Crippen molar-refractivity contribution in [1.29, 1.82) is 0 Å². The molecule has 1 rings (SSSR count). The molecule has 1 aromatic carbocycles. The zero-order chi connectivity index (χ0) is 10.6. The van der Waals surface area contributed by atoms with Crippen LogP contribution >= 0.6 is 0 Å². The van der Waals surface area contributed by atoms with E-state index in [0.29, 0.717) is 0 Å². The molecule has 0 aliphatic heterocycles. The lowest BCUT2D eigenvalue weighted by molar-refractivity contribution is 0.189. The Hall–Kier alpha value is -0.940. The van der Waals surface area contributed by atoms with E-state index < -0.39 is 22.9 Å². The molecule has 5 heteroatoms. The summed E-state index contributed by atoms with van der Waals surface area (Å²) in [5.41, 5.74) is 0. The highest BCUT2D eigenvalue weighted by molar-refractivity contribution is 7.86. The van der Waals surface area contributed by atoms with Crippen LogP contribution in [0.25, 0.3) is 0 Å². The molecular weight excluding hydrogens is 207 g/mol. The molecule has 0 saturated carbocycles. The van der Waals surface area contributed by atoms with Crippen molar-refractivity contribution in [2.24, 2.45) is 0 Å². The van der Waals surface area contributed by atoms with Crippen LogP contribution in [0.2, 0.25) is 0 Å². The van der Waals surface area contributed by atoms with Crippen LogP contribution in [0.5, 0.6) is 0 Å². The first-order valence-electron chi connectivity index (χ1n) is 4.10. The molecule has 3 nitrogen and oxygen atoms in total. The van der Waals surface area contributed by atoms with E-state index in [9.17, 15) is 12.8 Å². The Morgan fingerprint density at radius 2 is 1.93 bits per heavy atom. The number of halogens is 1. The summed E-state index contributed by atoms with van der Waals surface area (Å²) < 4.78 is 39.4. The fourth-order valence-corrected chi connectivity index (χ4v) is 1.97. The Bertz CT molecular complexity index is 374. The smallest absolute Gasteiger partial charge is 0.261 e. The van der Waals surface area contributed by atoms with E-state index in [0.717, 1.165) is 0 Å². The van der Waals surface area contributed by atoms with Crippen LogP contribution in [0.3, 0.4) is 0 Å². The first-order valence-corrected chi connectivity index (χ1v) is 5.51. The molecular formula is C9H11FO3S. The fraction of sp³-hybridized carbons (Fsp3) is 0.333. The number of rotatable bonds is 4. The molecule has 0 heterocycles. The van der Waals surface area contributed by atoms with Crippen LogP contribution in [-0.2, 0) is 14.3 Å². The van der Waals surface area contributed by atoms with Gasteiger partial charge in [-0.05, 0) is 19.1 Å². The van der Waals surface area contributed by atoms with Gasteiger partial charge in [0, 0.05) is 0 Å². The van der Waals surface area contributed by atoms with Crippen LogP contribution in [0.1, 0.15) is 6.92 Å². The molecule has 0 N–H and O–H groups in total. The standard InChI is InChI=1S/C9H11FO3S/c1-8(7-10)13-14(11,12)9-5-3-2-4-6-9/h2-6,8H,7H2,1H3. The normalized spacial score (nSPS) is 13.9. The lowest BCUT2D eigenvalue weighted by atomic mass is 10.4. The maximum Gasteiger partial charge on any atom is 0.297 e. The minimum absolute atomic E-state index is 0.0419. The summed E-state index contributed by atoms with van der Waals surface area (Å²) in [4.78, 5) is 0.0419. The maximum absolute atomic E-state index is 12.0. The first-order chi connectivity index (χ1) is 6.56. The van der Waals surface area contributed by atoms with E-state index in [1.54, 1.807) is 18.2 Å². The van der Waals surface area contributed by atoms with Crippen LogP contribution < -0.4 is 0 Å². The molecule has 0 aromatic heterocycles. The Labute approximate surface area is 82.6 Å². The third kappa shape index (κ3) is 2.78. The zero-order valence-corrected chi connectivity index (χ0v) is 8.50. The van der Waals surface area contributed by atoms with Gasteiger partial charge in [-0.3, -0.25) is 4.18 Å². The van der Waals surface area contributed by atoms with Crippen molar-refractivity contribution in [1.82, 2.24) is 0 Å². The summed E-state index contributed by atoms with van der Waals surface area (Å²) in [7, 11) is -3.81. The summed E-state index contributed by atoms with van der Waals surface area (Å²) in [5.74, 6) is 0. The molecule has 14 heavy (non-hydrogen) atoms. The van der Waals surface area contributed by atoms with Crippen molar-refractivity contribution in [3.8, 4) is 0 Å². The summed E-state index contributed by atoms with van der Waals surface area (Å²) in [5, 5.41) is 0. The van der Waals surface area contributed by atoms with Gasteiger partial charge in [0.05, 0.1) is 4.90 Å². The molecule has 1 aromatic rings. The van der Waals surface area contributed by atoms with E-state index in [2.05, 4.69) is 4.18 Å². The SMILES string of the molecule is CC(CF)OS(=O)(=O)c1ccccc1. The lowest BCUT2D eigenvalue weighted by Gasteiger charge is -2.08. The summed E-state index contributed by atoms with van der Waals surface area (Å²) in [6.07, 6.45) is -0.944. The van der Waals surface area contributed by atoms with Gasteiger partial charge >= 0.3 is 0 Å². The number of hydrogen-bond donors (Lipinski definition) is 0.